The standard InChI is InChI=1S/C16H20ClNO2/c1-18-16(15-9-3-2-4-10(9)15)11-7-13-14(8-12(11)17)20-6-5-19-13/h7-10,15-16,18H,2-6H2,1H3. The molecule has 0 bridgehead atoms. The molecular weight excluding hydrogens is 274 g/mol. The SMILES string of the molecule is CNC(c1cc2c(cc1Cl)OCCO2)C1C2CCCC21. The Morgan fingerprint density at radius 2 is 1.80 bits per heavy atom. The summed E-state index contributed by atoms with van der Waals surface area (Å²) >= 11 is 6.49. The van der Waals surface area contributed by atoms with E-state index in [-0.39, 0.29) is 0 Å². The highest BCUT2D eigenvalue weighted by atomic mass is 35.5. The maximum absolute atomic E-state index is 6.49. The van der Waals surface area contributed by atoms with E-state index in [1.807, 2.05) is 13.1 Å². The van der Waals surface area contributed by atoms with Crippen LogP contribution >= 0.6 is 11.6 Å². The van der Waals surface area contributed by atoms with E-state index >= 15 is 0 Å². The second-order valence-electron chi connectivity index (χ2n) is 6.12. The first-order chi connectivity index (χ1) is 9.79. The summed E-state index contributed by atoms with van der Waals surface area (Å²) in [5.74, 6) is 4.15. The number of ether oxygens (including phenoxy) is 2. The molecule has 2 fully saturated rings. The van der Waals surface area contributed by atoms with Crippen molar-refractivity contribution in [1.29, 1.82) is 0 Å². The van der Waals surface area contributed by atoms with Gasteiger partial charge < -0.3 is 14.8 Å². The molecule has 3 nitrogen and oxygen atoms in total. The van der Waals surface area contributed by atoms with Gasteiger partial charge >= 0.3 is 0 Å². The number of halogens is 1. The van der Waals surface area contributed by atoms with E-state index in [4.69, 9.17) is 21.1 Å². The molecule has 2 saturated carbocycles. The molecule has 108 valence electrons. The lowest BCUT2D eigenvalue weighted by Gasteiger charge is -2.24. The Bertz CT molecular complexity index is 523. The fourth-order valence-corrected chi connectivity index (χ4v) is 4.52. The smallest absolute Gasteiger partial charge is 0.162 e. The average molecular weight is 294 g/mol. The lowest BCUT2D eigenvalue weighted by Crippen LogP contribution is -2.22. The van der Waals surface area contributed by atoms with Gasteiger partial charge in [0.25, 0.3) is 0 Å². The van der Waals surface area contributed by atoms with Crippen molar-refractivity contribution in [3.05, 3.63) is 22.7 Å². The van der Waals surface area contributed by atoms with Gasteiger partial charge in [0.1, 0.15) is 13.2 Å². The predicted octanol–water partition coefficient (Wildman–Crippen LogP) is 3.42. The third kappa shape index (κ3) is 1.91. The first kappa shape index (κ1) is 12.8. The molecule has 0 amide bonds. The summed E-state index contributed by atoms with van der Waals surface area (Å²) in [5.41, 5.74) is 1.16. The molecule has 1 aromatic carbocycles. The number of nitrogens with one attached hydrogen (secondary N) is 1. The number of fused-ring (bicyclic) bond motifs is 2. The fraction of sp³-hybridized carbons (Fsp3) is 0.625. The largest absolute Gasteiger partial charge is 0.486 e. The van der Waals surface area contributed by atoms with Crippen LogP contribution in [0.3, 0.4) is 0 Å². The Kier molecular flexibility index (Phi) is 3.08. The number of rotatable bonds is 3. The third-order valence-electron chi connectivity index (χ3n) is 5.17. The van der Waals surface area contributed by atoms with Crippen LogP contribution in [0.25, 0.3) is 0 Å². The van der Waals surface area contributed by atoms with Crippen molar-refractivity contribution in [3.63, 3.8) is 0 Å². The summed E-state index contributed by atoms with van der Waals surface area (Å²) in [5, 5.41) is 4.27. The van der Waals surface area contributed by atoms with Gasteiger partial charge in [-0.25, -0.2) is 0 Å². The highest BCUT2D eigenvalue weighted by molar-refractivity contribution is 6.31. The van der Waals surface area contributed by atoms with Crippen molar-refractivity contribution in [3.8, 4) is 11.5 Å². The minimum absolute atomic E-state index is 0.341. The summed E-state index contributed by atoms with van der Waals surface area (Å²) < 4.78 is 11.3. The molecule has 2 aliphatic carbocycles. The van der Waals surface area contributed by atoms with Crippen LogP contribution in [0.4, 0.5) is 0 Å². The lowest BCUT2D eigenvalue weighted by molar-refractivity contribution is 0.171. The van der Waals surface area contributed by atoms with Gasteiger partial charge in [0.05, 0.1) is 0 Å². The Labute approximate surface area is 124 Å². The Hall–Kier alpha value is -0.930. The minimum Gasteiger partial charge on any atom is -0.486 e. The fourth-order valence-electron chi connectivity index (χ4n) is 4.24. The van der Waals surface area contributed by atoms with Crippen LogP contribution in [0.5, 0.6) is 11.5 Å². The second-order valence-corrected chi connectivity index (χ2v) is 6.53. The van der Waals surface area contributed by atoms with Crippen molar-refractivity contribution in [1.82, 2.24) is 5.32 Å². The maximum atomic E-state index is 6.49. The van der Waals surface area contributed by atoms with Crippen LogP contribution in [-0.4, -0.2) is 20.3 Å². The zero-order chi connectivity index (χ0) is 13.7. The first-order valence-electron chi connectivity index (χ1n) is 7.56. The summed E-state index contributed by atoms with van der Waals surface area (Å²) in [6.07, 6.45) is 4.17. The summed E-state index contributed by atoms with van der Waals surface area (Å²) in [4.78, 5) is 0. The molecule has 0 saturated heterocycles. The zero-order valence-electron chi connectivity index (χ0n) is 11.7. The van der Waals surface area contributed by atoms with Gasteiger partial charge in [-0.3, -0.25) is 0 Å². The third-order valence-corrected chi connectivity index (χ3v) is 5.49. The molecule has 1 aromatic rings. The minimum atomic E-state index is 0.341. The molecule has 0 aromatic heterocycles. The van der Waals surface area contributed by atoms with Crippen molar-refractivity contribution in [2.75, 3.05) is 20.3 Å². The van der Waals surface area contributed by atoms with Crippen LogP contribution in [0.2, 0.25) is 5.02 Å². The predicted molar refractivity (Wildman–Crippen MR) is 78.6 cm³/mol. The summed E-state index contributed by atoms with van der Waals surface area (Å²) in [6.45, 7) is 1.22. The van der Waals surface area contributed by atoms with Crippen LogP contribution < -0.4 is 14.8 Å². The van der Waals surface area contributed by atoms with Gasteiger partial charge in [-0.15, -0.1) is 0 Å². The van der Waals surface area contributed by atoms with Crippen molar-refractivity contribution in [2.24, 2.45) is 17.8 Å². The Balaban J connectivity index is 1.66. The van der Waals surface area contributed by atoms with Gasteiger partial charge in [-0.05, 0) is 49.3 Å². The van der Waals surface area contributed by atoms with Crippen molar-refractivity contribution < 1.29 is 9.47 Å². The monoisotopic (exact) mass is 293 g/mol. The number of benzene rings is 1. The van der Waals surface area contributed by atoms with E-state index in [9.17, 15) is 0 Å². The van der Waals surface area contributed by atoms with Crippen molar-refractivity contribution in [2.45, 2.75) is 25.3 Å². The average Bonchev–Trinajstić information content (AvgIpc) is 2.93. The normalized spacial score (nSPS) is 31.8. The molecule has 1 heterocycles. The van der Waals surface area contributed by atoms with E-state index in [1.165, 1.54) is 19.3 Å². The Morgan fingerprint density at radius 3 is 2.45 bits per heavy atom. The number of hydrogen-bond donors (Lipinski definition) is 1. The van der Waals surface area contributed by atoms with Gasteiger partial charge in [0.2, 0.25) is 0 Å². The van der Waals surface area contributed by atoms with E-state index in [2.05, 4.69) is 11.4 Å². The first-order valence-corrected chi connectivity index (χ1v) is 7.93. The molecule has 3 atom stereocenters. The molecular formula is C16H20ClNO2. The van der Waals surface area contributed by atoms with E-state index in [1.54, 1.807) is 0 Å². The van der Waals surface area contributed by atoms with Gasteiger partial charge in [0, 0.05) is 17.1 Å². The lowest BCUT2D eigenvalue weighted by atomic mass is 9.96. The van der Waals surface area contributed by atoms with Crippen LogP contribution in [0, 0.1) is 17.8 Å². The molecule has 3 aliphatic rings. The highest BCUT2D eigenvalue weighted by Crippen LogP contribution is 2.62. The summed E-state index contributed by atoms with van der Waals surface area (Å²) in [7, 11) is 2.03. The molecule has 0 radical (unpaired) electrons. The molecule has 1 N–H and O–H groups in total. The topological polar surface area (TPSA) is 30.5 Å². The van der Waals surface area contributed by atoms with Crippen LogP contribution in [-0.2, 0) is 0 Å². The van der Waals surface area contributed by atoms with E-state index in [0.29, 0.717) is 19.3 Å². The van der Waals surface area contributed by atoms with Crippen LogP contribution in [0.1, 0.15) is 30.9 Å². The van der Waals surface area contributed by atoms with Gasteiger partial charge in [-0.1, -0.05) is 18.0 Å². The molecule has 4 rings (SSSR count). The molecule has 3 unspecified atom stereocenters. The van der Waals surface area contributed by atoms with E-state index in [0.717, 1.165) is 39.8 Å². The summed E-state index contributed by atoms with van der Waals surface area (Å²) in [6, 6.07) is 4.33. The van der Waals surface area contributed by atoms with Crippen molar-refractivity contribution >= 4 is 11.6 Å². The number of hydrogen-bond acceptors (Lipinski definition) is 3. The quantitative estimate of drug-likeness (QED) is 0.926. The van der Waals surface area contributed by atoms with Gasteiger partial charge in [-0.2, -0.15) is 0 Å². The molecule has 4 heteroatoms. The zero-order valence-corrected chi connectivity index (χ0v) is 12.5. The van der Waals surface area contributed by atoms with E-state index < -0.39 is 0 Å². The maximum Gasteiger partial charge on any atom is 0.162 e. The van der Waals surface area contributed by atoms with Crippen LogP contribution in [0.15, 0.2) is 12.1 Å². The Morgan fingerprint density at radius 1 is 1.15 bits per heavy atom. The molecule has 1 aliphatic heterocycles. The highest BCUT2D eigenvalue weighted by Gasteiger charge is 2.56. The molecule has 20 heavy (non-hydrogen) atoms. The second kappa shape index (κ2) is 4.81. The van der Waals surface area contributed by atoms with Gasteiger partial charge in [0.15, 0.2) is 11.5 Å². The molecule has 0 spiro atoms.